The third-order valence-corrected chi connectivity index (χ3v) is 8.30. The molecule has 0 spiro atoms. The van der Waals surface area contributed by atoms with Crippen LogP contribution in [-0.4, -0.2) is 47.6 Å². The summed E-state index contributed by atoms with van der Waals surface area (Å²) in [5, 5.41) is 19.8. The molecule has 0 amide bonds. The topological polar surface area (TPSA) is 93.1 Å². The first kappa shape index (κ1) is 47.3. The van der Waals surface area contributed by atoms with E-state index in [4.69, 9.17) is 9.47 Å². The highest BCUT2D eigenvalue weighted by Crippen LogP contribution is 2.14. The molecule has 1 unspecified atom stereocenters. The van der Waals surface area contributed by atoms with Crippen LogP contribution < -0.4 is 0 Å². The molecule has 6 heteroatoms. The van der Waals surface area contributed by atoms with Gasteiger partial charge in [-0.05, 0) is 44.9 Å². The van der Waals surface area contributed by atoms with Crippen molar-refractivity contribution in [3.05, 3.63) is 72.9 Å². The summed E-state index contributed by atoms with van der Waals surface area (Å²) in [4.78, 5) is 23.9. The van der Waals surface area contributed by atoms with Crippen LogP contribution in [0.3, 0.4) is 0 Å². The Morgan fingerprint density at radius 1 is 0.520 bits per heavy atom. The number of unbranched alkanes of at least 4 members (excludes halogenated alkanes) is 15. The van der Waals surface area contributed by atoms with E-state index in [-0.39, 0.29) is 31.6 Å². The fourth-order valence-corrected chi connectivity index (χ4v) is 5.25. The van der Waals surface area contributed by atoms with E-state index < -0.39 is 12.2 Å². The molecule has 50 heavy (non-hydrogen) atoms. The van der Waals surface area contributed by atoms with Gasteiger partial charge in [-0.25, -0.2) is 0 Å². The van der Waals surface area contributed by atoms with E-state index in [1.165, 1.54) is 83.5 Å². The zero-order valence-electron chi connectivity index (χ0n) is 32.0. The molecule has 0 aromatic rings. The van der Waals surface area contributed by atoms with Gasteiger partial charge in [0, 0.05) is 12.8 Å². The highest BCUT2D eigenvalue weighted by molar-refractivity contribution is 5.70. The summed E-state index contributed by atoms with van der Waals surface area (Å²) in [7, 11) is 0. The molecule has 2 N–H and O–H groups in total. The number of allylic oxidation sites excluding steroid dienone is 10. The molecule has 0 heterocycles. The van der Waals surface area contributed by atoms with Crippen molar-refractivity contribution < 1.29 is 29.3 Å². The van der Waals surface area contributed by atoms with Gasteiger partial charge in [-0.2, -0.15) is 0 Å². The Kier molecular flexibility index (Phi) is 37.0. The zero-order valence-corrected chi connectivity index (χ0v) is 32.0. The predicted molar refractivity (Wildman–Crippen MR) is 211 cm³/mol. The first-order valence-electron chi connectivity index (χ1n) is 20.1. The summed E-state index contributed by atoms with van der Waals surface area (Å²) < 4.78 is 10.3. The molecule has 0 saturated heterocycles. The quantitative estimate of drug-likeness (QED) is 0.0296. The first-order valence-corrected chi connectivity index (χ1v) is 20.1. The highest BCUT2D eigenvalue weighted by Gasteiger charge is 2.11. The molecule has 0 fully saturated rings. The van der Waals surface area contributed by atoms with Crippen molar-refractivity contribution in [2.75, 3.05) is 13.2 Å². The van der Waals surface area contributed by atoms with Gasteiger partial charge in [-0.3, -0.25) is 9.59 Å². The van der Waals surface area contributed by atoms with Gasteiger partial charge in [0.05, 0.1) is 6.10 Å². The van der Waals surface area contributed by atoms with E-state index in [1.807, 2.05) is 30.4 Å². The van der Waals surface area contributed by atoms with Crippen LogP contribution in [0.2, 0.25) is 0 Å². The van der Waals surface area contributed by atoms with Gasteiger partial charge in [-0.1, -0.05) is 183 Å². The molecule has 2 atom stereocenters. The van der Waals surface area contributed by atoms with Crippen LogP contribution in [0, 0.1) is 0 Å². The Labute approximate surface area is 306 Å². The lowest BCUT2D eigenvalue weighted by atomic mass is 10.0. The first-order chi connectivity index (χ1) is 24.5. The Bertz CT molecular complexity index is 944. The third kappa shape index (κ3) is 38.1. The van der Waals surface area contributed by atoms with Crippen LogP contribution in [-0.2, 0) is 19.1 Å². The maximum absolute atomic E-state index is 12.0. The summed E-state index contributed by atoms with van der Waals surface area (Å²) in [5.41, 5.74) is 0. The minimum atomic E-state index is -1.01. The van der Waals surface area contributed by atoms with Crippen molar-refractivity contribution >= 4 is 11.9 Å². The Balaban J connectivity index is 3.61. The van der Waals surface area contributed by atoms with Gasteiger partial charge in [0.1, 0.15) is 19.3 Å². The Hall–Kier alpha value is -2.70. The number of hydrogen-bond donors (Lipinski definition) is 2. The van der Waals surface area contributed by atoms with Crippen molar-refractivity contribution in [1.29, 1.82) is 0 Å². The van der Waals surface area contributed by atoms with Crippen molar-refractivity contribution in [2.24, 2.45) is 0 Å². The molecule has 0 aliphatic carbocycles. The van der Waals surface area contributed by atoms with Crippen LogP contribution in [0.25, 0.3) is 0 Å². The fourth-order valence-electron chi connectivity index (χ4n) is 5.25. The lowest BCUT2D eigenvalue weighted by Gasteiger charge is -2.12. The maximum atomic E-state index is 12.0. The Morgan fingerprint density at radius 2 is 0.980 bits per heavy atom. The molecule has 0 aromatic heterocycles. The zero-order chi connectivity index (χ0) is 36.6. The van der Waals surface area contributed by atoms with Crippen molar-refractivity contribution in [3.8, 4) is 0 Å². The fraction of sp³-hybridized carbons (Fsp3) is 0.682. The van der Waals surface area contributed by atoms with E-state index in [0.29, 0.717) is 19.3 Å². The van der Waals surface area contributed by atoms with Crippen LogP contribution in [0.1, 0.15) is 168 Å². The predicted octanol–water partition coefficient (Wildman–Crippen LogP) is 11.5. The van der Waals surface area contributed by atoms with E-state index in [0.717, 1.165) is 44.9 Å². The number of esters is 2. The summed E-state index contributed by atoms with van der Waals surface area (Å²) in [6.45, 7) is 4.03. The number of ether oxygens (including phenoxy) is 2. The second-order valence-corrected chi connectivity index (χ2v) is 13.2. The summed E-state index contributed by atoms with van der Waals surface area (Å²) in [6, 6.07) is 0. The smallest absolute Gasteiger partial charge is 0.306 e. The van der Waals surface area contributed by atoms with Gasteiger partial charge in [-0.15, -0.1) is 0 Å². The normalized spacial score (nSPS) is 13.6. The molecule has 0 radical (unpaired) electrons. The molecule has 286 valence electrons. The third-order valence-electron chi connectivity index (χ3n) is 8.30. The number of rotatable bonds is 35. The maximum Gasteiger partial charge on any atom is 0.306 e. The van der Waals surface area contributed by atoms with Gasteiger partial charge >= 0.3 is 11.9 Å². The lowest BCUT2D eigenvalue weighted by molar-refractivity contribution is -0.152. The summed E-state index contributed by atoms with van der Waals surface area (Å²) in [6.07, 6.45) is 48.7. The van der Waals surface area contributed by atoms with Gasteiger partial charge in [0.2, 0.25) is 0 Å². The average Bonchev–Trinajstić information content (AvgIpc) is 3.11. The van der Waals surface area contributed by atoms with Crippen molar-refractivity contribution in [3.63, 3.8) is 0 Å². The standard InChI is InChI=1S/C44H74O6/c1-3-5-7-8-9-10-11-12-13-14-17-20-23-26-29-33-37-43(47)49-39-42(46)40-50-44(48)38-34-30-27-24-21-18-15-16-19-22-25-28-32-36-41(45)35-31-6-4-2/h6,16,18-19,21,25,27-28,30-32,36,41-42,45-46H,3-5,7-15,17,20,22-24,26,29,33-35,37-40H2,1-2H3/b19-16-,21-18-,28-25+,30-27-,31-6-,36-32+/t41?,42-/m0/s1. The molecule has 0 saturated carbocycles. The number of aliphatic hydroxyl groups is 2. The van der Waals surface area contributed by atoms with Gasteiger partial charge in [0.25, 0.3) is 0 Å². The molecule has 0 aliphatic heterocycles. The lowest BCUT2D eigenvalue weighted by Crippen LogP contribution is -2.25. The SMILES string of the molecule is CC/C=C\CC(O)/C=C/C=C/C/C=C\C/C=C\C/C=C\CCC(=O)OC[C@@H](O)COC(=O)CCCCCCCCCCCCCCCCCC. The number of aliphatic hydroxyl groups excluding tert-OH is 2. The number of hydrogen-bond acceptors (Lipinski definition) is 6. The van der Waals surface area contributed by atoms with E-state index >= 15 is 0 Å². The van der Waals surface area contributed by atoms with Crippen molar-refractivity contribution in [1.82, 2.24) is 0 Å². The monoisotopic (exact) mass is 699 g/mol. The minimum absolute atomic E-state index is 0.150. The Morgan fingerprint density at radius 3 is 1.50 bits per heavy atom. The van der Waals surface area contributed by atoms with E-state index in [2.05, 4.69) is 50.3 Å². The number of carbonyl (C=O) groups excluding carboxylic acids is 2. The average molecular weight is 699 g/mol. The van der Waals surface area contributed by atoms with Gasteiger partial charge < -0.3 is 19.7 Å². The van der Waals surface area contributed by atoms with Crippen LogP contribution >= 0.6 is 0 Å². The van der Waals surface area contributed by atoms with E-state index in [1.54, 1.807) is 6.08 Å². The molecule has 0 aromatic carbocycles. The largest absolute Gasteiger partial charge is 0.463 e. The summed E-state index contributed by atoms with van der Waals surface area (Å²) in [5.74, 6) is -0.681. The van der Waals surface area contributed by atoms with Crippen molar-refractivity contribution in [2.45, 2.75) is 180 Å². The summed E-state index contributed by atoms with van der Waals surface area (Å²) >= 11 is 0. The number of carbonyl (C=O) groups is 2. The molecule has 0 bridgehead atoms. The second kappa shape index (κ2) is 39.1. The molecular formula is C44H74O6. The molecule has 0 aliphatic rings. The second-order valence-electron chi connectivity index (χ2n) is 13.2. The molecular weight excluding hydrogens is 624 g/mol. The minimum Gasteiger partial charge on any atom is -0.463 e. The van der Waals surface area contributed by atoms with Crippen LogP contribution in [0.15, 0.2) is 72.9 Å². The van der Waals surface area contributed by atoms with E-state index in [9.17, 15) is 19.8 Å². The highest BCUT2D eigenvalue weighted by atomic mass is 16.6. The molecule has 6 nitrogen and oxygen atoms in total. The molecule has 0 rings (SSSR count). The van der Waals surface area contributed by atoms with Crippen LogP contribution in [0.4, 0.5) is 0 Å². The van der Waals surface area contributed by atoms with Crippen LogP contribution in [0.5, 0.6) is 0 Å². The van der Waals surface area contributed by atoms with Gasteiger partial charge in [0.15, 0.2) is 0 Å².